The lowest BCUT2D eigenvalue weighted by molar-refractivity contribution is -0.319. The first-order chi connectivity index (χ1) is 39.3. The second kappa shape index (κ2) is 35.7. The van der Waals surface area contributed by atoms with Crippen molar-refractivity contribution in [2.45, 2.75) is 141 Å². The maximum atomic E-state index is 12.0. The Morgan fingerprint density at radius 2 is 0.650 bits per heavy atom. The summed E-state index contributed by atoms with van der Waals surface area (Å²) in [5, 5.41) is 9.37. The highest BCUT2D eigenvalue weighted by Crippen LogP contribution is 2.35. The van der Waals surface area contributed by atoms with Gasteiger partial charge in [0.15, 0.2) is 22.8 Å². The average Bonchev–Trinajstić information content (AvgIpc) is 3.51. The van der Waals surface area contributed by atoms with Crippen molar-refractivity contribution in [2.24, 2.45) is 0 Å². The second-order valence-electron chi connectivity index (χ2n) is 19.4. The van der Waals surface area contributed by atoms with Crippen molar-refractivity contribution in [1.29, 1.82) is 0 Å². The van der Waals surface area contributed by atoms with Crippen molar-refractivity contribution >= 4 is 33.8 Å². The highest BCUT2D eigenvalue weighted by Gasteiger charge is 2.50. The Morgan fingerprint density at radius 3 is 0.912 bits per heavy atom. The third-order valence-corrected chi connectivity index (χ3v) is 15.0. The van der Waals surface area contributed by atoms with Crippen LogP contribution in [0.3, 0.4) is 0 Å². The third kappa shape index (κ3) is 21.3. The van der Waals surface area contributed by atoms with E-state index in [9.17, 15) is 14.7 Å². The zero-order valence-corrected chi connectivity index (χ0v) is 47.8. The van der Waals surface area contributed by atoms with E-state index in [1.54, 1.807) is 6.92 Å². The van der Waals surface area contributed by atoms with Crippen molar-refractivity contribution in [3.05, 3.63) is 215 Å². The summed E-state index contributed by atoms with van der Waals surface area (Å²) in [6.45, 7) is 8.24. The van der Waals surface area contributed by atoms with Gasteiger partial charge >= 0.3 is 0 Å². The van der Waals surface area contributed by atoms with E-state index in [1.807, 2.05) is 182 Å². The molecule has 2 aliphatic heterocycles. The highest BCUT2D eigenvalue weighted by molar-refractivity contribution is 8.13. The molecule has 6 aromatic rings. The molecule has 0 radical (unpaired) electrons. The Hall–Kier alpha value is -5.08. The van der Waals surface area contributed by atoms with Gasteiger partial charge in [0.2, 0.25) is 0 Å². The Kier molecular flexibility index (Phi) is 27.9. The molecular weight excluding hydrogens is 1050 g/mol. The van der Waals surface area contributed by atoms with Gasteiger partial charge < -0.3 is 52.5 Å². The summed E-state index contributed by atoms with van der Waals surface area (Å²) in [4.78, 5) is 23.9. The van der Waals surface area contributed by atoms with Crippen LogP contribution in [-0.4, -0.2) is 108 Å². The molecule has 0 bridgehead atoms. The summed E-state index contributed by atoms with van der Waals surface area (Å²) < 4.78 is 64.7. The predicted octanol–water partition coefficient (Wildman–Crippen LogP) is 11.7. The third-order valence-electron chi connectivity index (χ3n) is 13.2. The van der Waals surface area contributed by atoms with E-state index in [2.05, 4.69) is 6.92 Å². The number of hydrogen-bond acceptors (Lipinski definition) is 15. The van der Waals surface area contributed by atoms with Gasteiger partial charge in [-0.15, -0.1) is 0 Å². The maximum absolute atomic E-state index is 12.0. The molecule has 0 saturated carbocycles. The number of benzene rings is 6. The zero-order chi connectivity index (χ0) is 56.0. The van der Waals surface area contributed by atoms with E-state index in [0.29, 0.717) is 70.8 Å². The number of carbonyl (C=O) groups excluding carboxylic acids is 2. The highest BCUT2D eigenvalue weighted by atomic mass is 32.2. The number of thioether (sulfide) groups is 2. The van der Waals surface area contributed by atoms with Crippen LogP contribution < -0.4 is 0 Å². The van der Waals surface area contributed by atoms with Crippen LogP contribution in [0.15, 0.2) is 182 Å². The van der Waals surface area contributed by atoms with Crippen molar-refractivity contribution < 1.29 is 62.1 Å². The fourth-order valence-electron chi connectivity index (χ4n) is 9.03. The molecule has 0 spiro atoms. The van der Waals surface area contributed by atoms with E-state index in [4.69, 9.17) is 47.4 Å². The van der Waals surface area contributed by atoms with E-state index >= 15 is 0 Å². The van der Waals surface area contributed by atoms with Gasteiger partial charge in [0.05, 0.1) is 58.5 Å². The molecule has 13 nitrogen and oxygen atoms in total. The van der Waals surface area contributed by atoms with Gasteiger partial charge in [-0.25, -0.2) is 0 Å². The standard InChI is InChI=1S/C33H40O6S.C32H38O7S/c1-3-4-20-35-33-32(38-23-28-18-12-7-13-19-28)31(37-22-27-16-10-6-11-17-27)30(29(39-33)24-40-25(2)34)36-21-26-14-8-5-9-15-26;1-24(34)40-23-28-29(36-20-25-12-5-2-6-13-25)30(37-21-26-14-7-3-8-15-26)31(32(39-28)35-19-11-18-33)38-22-27-16-9-4-10-17-27/h5-19,29-33H,3-4,20-24H2,1-2H3;2-10,12-17,28-33H,11,18-23H2,1H3/t29-,30-,31+,32-,33+;28-,29-,30+,31-,32+/m11/s1. The molecule has 2 heterocycles. The SMILES string of the molecule is CC(=O)SC[C@H]1O[C@H](OCCCO)[C@H](OCc2ccccc2)[C@@H](OCc2ccccc2)[C@@H]1OCc1ccccc1.CCCCO[C@H]1O[C@H](CSC(C)=O)[C@@H](OCc2ccccc2)[C@H](OCc2ccccc2)[C@H]1OCc1ccccc1. The lowest BCUT2D eigenvalue weighted by Crippen LogP contribution is -2.61. The van der Waals surface area contributed by atoms with Crippen LogP contribution >= 0.6 is 23.5 Å². The molecule has 1 N–H and O–H groups in total. The molecule has 2 aliphatic rings. The van der Waals surface area contributed by atoms with Gasteiger partial charge in [-0.2, -0.15) is 0 Å². The Morgan fingerprint density at radius 1 is 0.388 bits per heavy atom. The number of ether oxygens (including phenoxy) is 10. The fraction of sp³-hybridized carbons (Fsp3) is 0.415. The van der Waals surface area contributed by atoms with Gasteiger partial charge in [0.25, 0.3) is 0 Å². The van der Waals surface area contributed by atoms with E-state index in [0.717, 1.165) is 46.2 Å². The number of aliphatic hydroxyl groups is 1. The molecule has 15 heteroatoms. The van der Waals surface area contributed by atoms with Crippen LogP contribution in [0.2, 0.25) is 0 Å². The molecule has 0 aliphatic carbocycles. The molecule has 428 valence electrons. The maximum Gasteiger partial charge on any atom is 0.186 e. The number of rotatable bonds is 30. The first kappa shape index (κ1) is 62.5. The number of carbonyl (C=O) groups is 2. The van der Waals surface area contributed by atoms with Gasteiger partial charge in [-0.05, 0) is 46.2 Å². The number of unbranched alkanes of at least 4 members (excludes halogenated alkanes) is 1. The topological polar surface area (TPSA) is 147 Å². The zero-order valence-electron chi connectivity index (χ0n) is 46.2. The second-order valence-corrected chi connectivity index (χ2v) is 21.8. The van der Waals surface area contributed by atoms with Gasteiger partial charge in [0.1, 0.15) is 36.6 Å². The van der Waals surface area contributed by atoms with Crippen LogP contribution in [0.25, 0.3) is 0 Å². The molecule has 80 heavy (non-hydrogen) atoms. The number of hydrogen-bond donors (Lipinski definition) is 1. The molecule has 10 atom stereocenters. The van der Waals surface area contributed by atoms with E-state index < -0.39 is 61.4 Å². The van der Waals surface area contributed by atoms with Crippen molar-refractivity contribution in [3.63, 3.8) is 0 Å². The molecule has 0 amide bonds. The van der Waals surface area contributed by atoms with Gasteiger partial charge in [0, 0.05) is 38.6 Å². The predicted molar refractivity (Wildman–Crippen MR) is 312 cm³/mol. The summed E-state index contributed by atoms with van der Waals surface area (Å²) >= 11 is 2.41. The van der Waals surface area contributed by atoms with Crippen molar-refractivity contribution in [1.82, 2.24) is 0 Å². The Bertz CT molecular complexity index is 2410. The largest absolute Gasteiger partial charge is 0.396 e. The molecule has 0 aromatic heterocycles. The fourth-order valence-corrected chi connectivity index (χ4v) is 10.4. The molecule has 2 fully saturated rings. The smallest absolute Gasteiger partial charge is 0.186 e. The molecule has 6 aromatic carbocycles. The number of aliphatic hydroxyl groups excluding tert-OH is 1. The minimum absolute atomic E-state index is 0.00260. The summed E-state index contributed by atoms with van der Waals surface area (Å²) in [7, 11) is 0. The first-order valence-corrected chi connectivity index (χ1v) is 29.6. The van der Waals surface area contributed by atoms with Crippen LogP contribution in [-0.2, 0) is 96.6 Å². The lowest BCUT2D eigenvalue weighted by Gasteiger charge is -2.46. The molecule has 0 unspecified atom stereocenters. The van der Waals surface area contributed by atoms with Crippen molar-refractivity contribution in [2.75, 3.05) is 31.3 Å². The minimum Gasteiger partial charge on any atom is -0.396 e. The molecule has 8 rings (SSSR count). The molecule has 2 saturated heterocycles. The van der Waals surface area contributed by atoms with Crippen LogP contribution in [0, 0.1) is 0 Å². The van der Waals surface area contributed by atoms with Crippen molar-refractivity contribution in [3.8, 4) is 0 Å². The quantitative estimate of drug-likeness (QED) is 0.0426. The monoisotopic (exact) mass is 1130 g/mol. The van der Waals surface area contributed by atoms with E-state index in [1.165, 1.54) is 30.4 Å². The van der Waals surface area contributed by atoms with E-state index in [-0.39, 0.29) is 16.8 Å². The normalized spacial score (nSPS) is 22.7. The summed E-state index contributed by atoms with van der Waals surface area (Å²) in [6, 6.07) is 59.9. The Balaban J connectivity index is 0.000000231. The van der Waals surface area contributed by atoms with Crippen LogP contribution in [0.4, 0.5) is 0 Å². The Labute approximate surface area is 481 Å². The summed E-state index contributed by atoms with van der Waals surface area (Å²) in [6.07, 6.45) is -3.22. The van der Waals surface area contributed by atoms with Crippen LogP contribution in [0.5, 0.6) is 0 Å². The summed E-state index contributed by atoms with van der Waals surface area (Å²) in [5.74, 6) is 0.810. The summed E-state index contributed by atoms with van der Waals surface area (Å²) in [5.41, 5.74) is 6.19. The average molecular weight is 1130 g/mol. The lowest BCUT2D eigenvalue weighted by atomic mass is 9.98. The minimum atomic E-state index is -0.773. The van der Waals surface area contributed by atoms with Crippen LogP contribution in [0.1, 0.15) is 73.4 Å². The first-order valence-electron chi connectivity index (χ1n) is 27.6. The van der Waals surface area contributed by atoms with Gasteiger partial charge in [-0.1, -0.05) is 219 Å². The molecular formula is C65H78O13S2. The van der Waals surface area contributed by atoms with Gasteiger partial charge in [-0.3, -0.25) is 9.59 Å².